The van der Waals surface area contributed by atoms with Crippen LogP contribution in [-0.4, -0.2) is 42.5 Å². The number of nitrogens with one attached hydrogen (secondary N) is 1. The van der Waals surface area contributed by atoms with Crippen LogP contribution in [0.4, 0.5) is 0 Å². The lowest BCUT2D eigenvalue weighted by molar-refractivity contribution is -0.130. The number of carbonyl (C=O) groups excluding carboxylic acids is 2. The van der Waals surface area contributed by atoms with Crippen LogP contribution in [0.25, 0.3) is 0 Å². The molecule has 3 rings (SSSR count). The van der Waals surface area contributed by atoms with Gasteiger partial charge in [-0.2, -0.15) is 0 Å². The normalized spacial score (nSPS) is 16.2. The minimum absolute atomic E-state index is 0.0206. The van der Waals surface area contributed by atoms with Crippen LogP contribution in [0.15, 0.2) is 54.6 Å². The van der Waals surface area contributed by atoms with Crippen molar-refractivity contribution in [1.82, 2.24) is 10.2 Å². The molecule has 1 heterocycles. The summed E-state index contributed by atoms with van der Waals surface area (Å²) >= 11 is 0. The number of benzene rings is 2. The van der Waals surface area contributed by atoms with E-state index in [1.165, 1.54) is 5.56 Å². The summed E-state index contributed by atoms with van der Waals surface area (Å²) in [7, 11) is 0. The van der Waals surface area contributed by atoms with Crippen molar-refractivity contribution in [3.05, 3.63) is 65.7 Å². The number of hydrogen-bond donors (Lipinski definition) is 1. The maximum Gasteiger partial charge on any atom is 0.251 e. The SMILES string of the molecule is CCOc1ccc(C(=O)NCC(=O)N2CCCC2Cc2ccccc2)cc1. The van der Waals surface area contributed by atoms with E-state index in [0.29, 0.717) is 12.2 Å². The fourth-order valence-corrected chi connectivity index (χ4v) is 3.49. The summed E-state index contributed by atoms with van der Waals surface area (Å²) < 4.78 is 5.37. The maximum absolute atomic E-state index is 12.6. The number of nitrogens with zero attached hydrogens (tertiary/aromatic N) is 1. The van der Waals surface area contributed by atoms with E-state index < -0.39 is 0 Å². The van der Waals surface area contributed by atoms with Crippen LogP contribution in [0.2, 0.25) is 0 Å². The molecule has 1 aliphatic heterocycles. The Bertz CT molecular complexity index is 759. The monoisotopic (exact) mass is 366 g/mol. The first-order chi connectivity index (χ1) is 13.2. The van der Waals surface area contributed by atoms with Gasteiger partial charge in [0.15, 0.2) is 0 Å². The second kappa shape index (κ2) is 9.21. The van der Waals surface area contributed by atoms with Crippen molar-refractivity contribution in [2.45, 2.75) is 32.2 Å². The Balaban J connectivity index is 1.52. The van der Waals surface area contributed by atoms with Gasteiger partial charge in [-0.1, -0.05) is 30.3 Å². The molecule has 2 aromatic rings. The molecule has 1 aliphatic rings. The second-order valence-electron chi connectivity index (χ2n) is 6.71. The zero-order valence-electron chi connectivity index (χ0n) is 15.7. The molecule has 0 saturated carbocycles. The van der Waals surface area contributed by atoms with Gasteiger partial charge in [-0.05, 0) is 56.0 Å². The van der Waals surface area contributed by atoms with Crippen LogP contribution in [0.3, 0.4) is 0 Å². The van der Waals surface area contributed by atoms with Crippen molar-refractivity contribution in [3.63, 3.8) is 0 Å². The molecule has 0 radical (unpaired) electrons. The molecule has 0 aromatic heterocycles. The lowest BCUT2D eigenvalue weighted by Crippen LogP contribution is -2.43. The van der Waals surface area contributed by atoms with Crippen LogP contribution in [-0.2, 0) is 11.2 Å². The van der Waals surface area contributed by atoms with Crippen LogP contribution in [0.1, 0.15) is 35.7 Å². The number of ether oxygens (including phenoxy) is 1. The van der Waals surface area contributed by atoms with Gasteiger partial charge < -0.3 is 15.0 Å². The van der Waals surface area contributed by atoms with Crippen molar-refractivity contribution in [3.8, 4) is 5.75 Å². The smallest absolute Gasteiger partial charge is 0.251 e. The highest BCUT2D eigenvalue weighted by Gasteiger charge is 2.28. The lowest BCUT2D eigenvalue weighted by atomic mass is 10.0. The van der Waals surface area contributed by atoms with Gasteiger partial charge in [0, 0.05) is 18.2 Å². The molecule has 0 spiro atoms. The Morgan fingerprint density at radius 1 is 1.11 bits per heavy atom. The van der Waals surface area contributed by atoms with E-state index in [0.717, 1.165) is 31.6 Å². The molecular formula is C22H26N2O3. The Kier molecular flexibility index (Phi) is 6.47. The molecule has 5 heteroatoms. The van der Waals surface area contributed by atoms with E-state index in [-0.39, 0.29) is 24.4 Å². The molecule has 27 heavy (non-hydrogen) atoms. The Morgan fingerprint density at radius 3 is 2.56 bits per heavy atom. The predicted molar refractivity (Wildman–Crippen MR) is 105 cm³/mol. The number of likely N-dealkylation sites (tertiary alicyclic amines) is 1. The summed E-state index contributed by atoms with van der Waals surface area (Å²) in [4.78, 5) is 26.8. The Hall–Kier alpha value is -2.82. The zero-order chi connectivity index (χ0) is 19.1. The maximum atomic E-state index is 12.6. The predicted octanol–water partition coefficient (Wildman–Crippen LogP) is 3.05. The van der Waals surface area contributed by atoms with Gasteiger partial charge in [0.05, 0.1) is 13.2 Å². The van der Waals surface area contributed by atoms with Gasteiger partial charge in [0.2, 0.25) is 5.91 Å². The molecular weight excluding hydrogens is 340 g/mol. The third-order valence-corrected chi connectivity index (χ3v) is 4.84. The van der Waals surface area contributed by atoms with Crippen LogP contribution < -0.4 is 10.1 Å². The van der Waals surface area contributed by atoms with E-state index in [4.69, 9.17) is 4.74 Å². The highest BCUT2D eigenvalue weighted by Crippen LogP contribution is 2.21. The summed E-state index contributed by atoms with van der Waals surface area (Å²) in [5.41, 5.74) is 1.76. The minimum atomic E-state index is -0.245. The second-order valence-corrected chi connectivity index (χ2v) is 6.71. The van der Waals surface area contributed by atoms with Crippen LogP contribution in [0.5, 0.6) is 5.75 Å². The van der Waals surface area contributed by atoms with E-state index in [2.05, 4.69) is 17.4 Å². The topological polar surface area (TPSA) is 58.6 Å². The molecule has 5 nitrogen and oxygen atoms in total. The molecule has 142 valence electrons. The average Bonchev–Trinajstić information content (AvgIpc) is 3.15. The summed E-state index contributed by atoms with van der Waals surface area (Å²) in [6.07, 6.45) is 2.88. The fraction of sp³-hybridized carbons (Fsp3) is 0.364. The molecule has 0 bridgehead atoms. The lowest BCUT2D eigenvalue weighted by Gasteiger charge is -2.25. The Labute approximate surface area is 160 Å². The van der Waals surface area contributed by atoms with Crippen LogP contribution >= 0.6 is 0 Å². The molecule has 1 fully saturated rings. The van der Waals surface area contributed by atoms with Crippen molar-refractivity contribution in [1.29, 1.82) is 0 Å². The average molecular weight is 366 g/mol. The zero-order valence-corrected chi connectivity index (χ0v) is 15.7. The molecule has 1 N–H and O–H groups in total. The molecule has 1 saturated heterocycles. The minimum Gasteiger partial charge on any atom is -0.494 e. The van der Waals surface area contributed by atoms with Crippen molar-refractivity contribution >= 4 is 11.8 Å². The first kappa shape index (κ1) is 19.0. The molecule has 2 aromatic carbocycles. The largest absolute Gasteiger partial charge is 0.494 e. The highest BCUT2D eigenvalue weighted by molar-refractivity contribution is 5.96. The number of rotatable bonds is 7. The van der Waals surface area contributed by atoms with Crippen molar-refractivity contribution < 1.29 is 14.3 Å². The first-order valence-electron chi connectivity index (χ1n) is 9.52. The van der Waals surface area contributed by atoms with Gasteiger partial charge in [-0.15, -0.1) is 0 Å². The molecule has 0 aliphatic carbocycles. The number of hydrogen-bond acceptors (Lipinski definition) is 3. The van der Waals surface area contributed by atoms with Crippen molar-refractivity contribution in [2.75, 3.05) is 19.7 Å². The summed E-state index contributed by atoms with van der Waals surface area (Å²) in [5, 5.41) is 2.74. The van der Waals surface area contributed by atoms with E-state index in [1.807, 2.05) is 30.0 Å². The third-order valence-electron chi connectivity index (χ3n) is 4.84. The third kappa shape index (κ3) is 5.09. The standard InChI is InChI=1S/C22H26N2O3/c1-2-27-20-12-10-18(11-13-20)22(26)23-16-21(25)24-14-6-9-19(24)15-17-7-4-3-5-8-17/h3-5,7-8,10-13,19H,2,6,9,14-16H2,1H3,(H,23,26). The van der Waals surface area contributed by atoms with Gasteiger partial charge in [-0.3, -0.25) is 9.59 Å². The van der Waals surface area contributed by atoms with Gasteiger partial charge in [0.1, 0.15) is 5.75 Å². The number of amides is 2. The summed E-state index contributed by atoms with van der Waals surface area (Å²) in [6, 6.07) is 17.4. The quantitative estimate of drug-likeness (QED) is 0.819. The van der Waals surface area contributed by atoms with E-state index in [9.17, 15) is 9.59 Å². The number of carbonyl (C=O) groups is 2. The molecule has 1 unspecified atom stereocenters. The molecule has 2 amide bonds. The van der Waals surface area contributed by atoms with Crippen LogP contribution in [0, 0.1) is 0 Å². The first-order valence-corrected chi connectivity index (χ1v) is 9.52. The summed E-state index contributed by atoms with van der Waals surface area (Å²) in [5.74, 6) is 0.462. The van der Waals surface area contributed by atoms with E-state index in [1.54, 1.807) is 24.3 Å². The van der Waals surface area contributed by atoms with Gasteiger partial charge >= 0.3 is 0 Å². The Morgan fingerprint density at radius 2 is 1.85 bits per heavy atom. The summed E-state index contributed by atoms with van der Waals surface area (Å²) in [6.45, 7) is 3.28. The van der Waals surface area contributed by atoms with Crippen molar-refractivity contribution in [2.24, 2.45) is 0 Å². The molecule has 1 atom stereocenters. The van der Waals surface area contributed by atoms with E-state index >= 15 is 0 Å². The highest BCUT2D eigenvalue weighted by atomic mass is 16.5. The van der Waals surface area contributed by atoms with Gasteiger partial charge in [0.25, 0.3) is 5.91 Å². The van der Waals surface area contributed by atoms with Gasteiger partial charge in [-0.25, -0.2) is 0 Å². The fourth-order valence-electron chi connectivity index (χ4n) is 3.49.